The normalized spacial score (nSPS) is 11.8. The Morgan fingerprint density at radius 1 is 1.39 bits per heavy atom. The van der Waals surface area contributed by atoms with Gasteiger partial charge in [-0.05, 0) is 51.5 Å². The molecular weight excluding hydrogens is 252 g/mol. The quantitative estimate of drug-likeness (QED) is 0.657. The summed E-state index contributed by atoms with van der Waals surface area (Å²) < 4.78 is 5.12. The van der Waals surface area contributed by atoms with Gasteiger partial charge in [-0.25, -0.2) is 4.79 Å². The maximum absolute atomic E-state index is 11.5. The zero-order valence-corrected chi connectivity index (χ0v) is 11.7. The van der Waals surface area contributed by atoms with Gasteiger partial charge in [0, 0.05) is 16.7 Å². The SMILES string of the molecule is Cc1cc(Cl)cc(C=CC(=O)OC(C)(C)C)c1O. The Bertz CT molecular complexity index is 485. The molecule has 1 aromatic rings. The second kappa shape index (κ2) is 5.44. The third kappa shape index (κ3) is 4.41. The first kappa shape index (κ1) is 14.6. The number of benzene rings is 1. The van der Waals surface area contributed by atoms with Crippen molar-refractivity contribution >= 4 is 23.6 Å². The lowest BCUT2D eigenvalue weighted by Crippen LogP contribution is -2.22. The van der Waals surface area contributed by atoms with Crippen LogP contribution in [0.5, 0.6) is 5.75 Å². The lowest BCUT2D eigenvalue weighted by atomic mass is 10.1. The third-order valence-electron chi connectivity index (χ3n) is 2.10. The fourth-order valence-electron chi connectivity index (χ4n) is 1.38. The topological polar surface area (TPSA) is 46.5 Å². The smallest absolute Gasteiger partial charge is 0.331 e. The molecule has 0 fully saturated rings. The molecule has 1 aromatic carbocycles. The number of hydrogen-bond acceptors (Lipinski definition) is 3. The fourth-order valence-corrected chi connectivity index (χ4v) is 1.66. The van der Waals surface area contributed by atoms with Crippen LogP contribution in [0.15, 0.2) is 18.2 Å². The number of ether oxygens (including phenoxy) is 1. The Kier molecular flexibility index (Phi) is 4.41. The number of esters is 1. The van der Waals surface area contributed by atoms with E-state index in [-0.39, 0.29) is 5.75 Å². The number of aryl methyl sites for hydroxylation is 1. The molecule has 1 N–H and O–H groups in total. The van der Waals surface area contributed by atoms with Crippen LogP contribution < -0.4 is 0 Å². The van der Waals surface area contributed by atoms with Gasteiger partial charge in [-0.1, -0.05) is 11.6 Å². The molecule has 0 radical (unpaired) electrons. The molecule has 0 atom stereocenters. The van der Waals surface area contributed by atoms with E-state index in [4.69, 9.17) is 16.3 Å². The molecule has 0 heterocycles. The van der Waals surface area contributed by atoms with Gasteiger partial charge in [0.2, 0.25) is 0 Å². The van der Waals surface area contributed by atoms with Crippen molar-refractivity contribution in [3.8, 4) is 5.75 Å². The Labute approximate surface area is 112 Å². The predicted molar refractivity (Wildman–Crippen MR) is 72.7 cm³/mol. The molecule has 0 aromatic heterocycles. The van der Waals surface area contributed by atoms with Gasteiger partial charge >= 0.3 is 5.97 Å². The van der Waals surface area contributed by atoms with Gasteiger partial charge < -0.3 is 9.84 Å². The molecule has 4 heteroatoms. The highest BCUT2D eigenvalue weighted by molar-refractivity contribution is 6.30. The molecule has 0 saturated carbocycles. The van der Waals surface area contributed by atoms with Crippen molar-refractivity contribution in [2.24, 2.45) is 0 Å². The van der Waals surface area contributed by atoms with Crippen LogP contribution in [0.25, 0.3) is 6.08 Å². The minimum atomic E-state index is -0.534. The molecule has 0 aliphatic rings. The van der Waals surface area contributed by atoms with Gasteiger partial charge in [-0.3, -0.25) is 0 Å². The number of hydrogen-bond donors (Lipinski definition) is 1. The van der Waals surface area contributed by atoms with E-state index in [9.17, 15) is 9.90 Å². The Morgan fingerprint density at radius 2 is 2.00 bits per heavy atom. The Morgan fingerprint density at radius 3 is 2.56 bits per heavy atom. The van der Waals surface area contributed by atoms with E-state index >= 15 is 0 Å². The summed E-state index contributed by atoms with van der Waals surface area (Å²) in [4.78, 5) is 11.5. The van der Waals surface area contributed by atoms with Gasteiger partial charge in [0.05, 0.1) is 0 Å². The van der Waals surface area contributed by atoms with Crippen molar-refractivity contribution in [2.75, 3.05) is 0 Å². The third-order valence-corrected chi connectivity index (χ3v) is 2.32. The van der Waals surface area contributed by atoms with Crippen LogP contribution in [0, 0.1) is 6.92 Å². The first-order valence-corrected chi connectivity index (χ1v) is 5.97. The molecule has 0 saturated heterocycles. The number of carbonyl (C=O) groups is 1. The molecular formula is C14H17ClO3. The van der Waals surface area contributed by atoms with E-state index in [1.54, 1.807) is 39.8 Å². The summed E-state index contributed by atoms with van der Waals surface area (Å²) in [6.45, 7) is 7.12. The van der Waals surface area contributed by atoms with Crippen LogP contribution in [0.2, 0.25) is 5.02 Å². The zero-order chi connectivity index (χ0) is 13.9. The van der Waals surface area contributed by atoms with Crippen LogP contribution >= 0.6 is 11.6 Å². The van der Waals surface area contributed by atoms with E-state index in [2.05, 4.69) is 0 Å². The lowest BCUT2D eigenvalue weighted by molar-refractivity contribution is -0.148. The summed E-state index contributed by atoms with van der Waals surface area (Å²) in [6, 6.07) is 3.24. The van der Waals surface area contributed by atoms with E-state index in [0.717, 1.165) is 0 Å². The lowest BCUT2D eigenvalue weighted by Gasteiger charge is -2.17. The van der Waals surface area contributed by atoms with Crippen molar-refractivity contribution in [1.82, 2.24) is 0 Å². The standard InChI is InChI=1S/C14H17ClO3/c1-9-7-11(15)8-10(13(9)17)5-6-12(16)18-14(2,3)4/h5-8,17H,1-4H3. The maximum atomic E-state index is 11.5. The van der Waals surface area contributed by atoms with Crippen LogP contribution in [-0.2, 0) is 9.53 Å². The molecule has 0 spiro atoms. The number of halogens is 1. The van der Waals surface area contributed by atoms with Gasteiger partial charge in [-0.2, -0.15) is 0 Å². The van der Waals surface area contributed by atoms with Crippen molar-refractivity contribution in [2.45, 2.75) is 33.3 Å². The summed E-state index contributed by atoms with van der Waals surface area (Å²) in [5, 5.41) is 10.3. The summed E-state index contributed by atoms with van der Waals surface area (Å²) in [5.41, 5.74) is 0.616. The summed E-state index contributed by atoms with van der Waals surface area (Å²) in [6.07, 6.45) is 2.76. The Hall–Kier alpha value is -1.48. The van der Waals surface area contributed by atoms with E-state index < -0.39 is 11.6 Å². The largest absolute Gasteiger partial charge is 0.507 e. The number of rotatable bonds is 2. The second-order valence-electron chi connectivity index (χ2n) is 5.03. The highest BCUT2D eigenvalue weighted by atomic mass is 35.5. The summed E-state index contributed by atoms with van der Waals surface area (Å²) >= 11 is 5.88. The number of phenols is 1. The molecule has 18 heavy (non-hydrogen) atoms. The maximum Gasteiger partial charge on any atom is 0.331 e. The molecule has 0 unspecified atom stereocenters. The monoisotopic (exact) mass is 268 g/mol. The average Bonchev–Trinajstić information content (AvgIpc) is 2.18. The predicted octanol–water partition coefficient (Wildman–Crippen LogP) is 3.71. The number of aromatic hydroxyl groups is 1. The molecule has 1 rings (SSSR count). The molecule has 0 amide bonds. The minimum absolute atomic E-state index is 0.110. The molecule has 98 valence electrons. The molecule has 0 aliphatic carbocycles. The van der Waals surface area contributed by atoms with Gasteiger partial charge in [0.15, 0.2) is 0 Å². The van der Waals surface area contributed by atoms with Gasteiger partial charge in [0.25, 0.3) is 0 Å². The van der Waals surface area contributed by atoms with Crippen LogP contribution in [0.4, 0.5) is 0 Å². The second-order valence-corrected chi connectivity index (χ2v) is 5.46. The zero-order valence-electron chi connectivity index (χ0n) is 11.0. The minimum Gasteiger partial charge on any atom is -0.507 e. The van der Waals surface area contributed by atoms with Crippen LogP contribution in [0.1, 0.15) is 31.9 Å². The number of phenolic OH excluding ortho intramolecular Hbond substituents is 1. The van der Waals surface area contributed by atoms with E-state index in [0.29, 0.717) is 16.1 Å². The van der Waals surface area contributed by atoms with E-state index in [1.165, 1.54) is 12.2 Å². The van der Waals surface area contributed by atoms with Crippen molar-refractivity contribution in [3.05, 3.63) is 34.4 Å². The summed E-state index contributed by atoms with van der Waals surface area (Å²) in [7, 11) is 0. The Balaban J connectivity index is 2.88. The summed E-state index contributed by atoms with van der Waals surface area (Å²) in [5.74, 6) is -0.348. The first-order chi connectivity index (χ1) is 8.19. The molecule has 3 nitrogen and oxygen atoms in total. The number of carbonyl (C=O) groups excluding carboxylic acids is 1. The highest BCUT2D eigenvalue weighted by Crippen LogP contribution is 2.27. The molecule has 0 aliphatic heterocycles. The van der Waals surface area contributed by atoms with Crippen molar-refractivity contribution < 1.29 is 14.6 Å². The van der Waals surface area contributed by atoms with Crippen molar-refractivity contribution in [3.63, 3.8) is 0 Å². The van der Waals surface area contributed by atoms with Crippen molar-refractivity contribution in [1.29, 1.82) is 0 Å². The van der Waals surface area contributed by atoms with E-state index in [1.807, 2.05) is 0 Å². The fraction of sp³-hybridized carbons (Fsp3) is 0.357. The van der Waals surface area contributed by atoms with Crippen LogP contribution in [-0.4, -0.2) is 16.7 Å². The first-order valence-electron chi connectivity index (χ1n) is 5.59. The average molecular weight is 269 g/mol. The van der Waals surface area contributed by atoms with Crippen LogP contribution in [0.3, 0.4) is 0 Å². The van der Waals surface area contributed by atoms with Gasteiger partial charge in [0.1, 0.15) is 11.4 Å². The van der Waals surface area contributed by atoms with Gasteiger partial charge in [-0.15, -0.1) is 0 Å². The highest BCUT2D eigenvalue weighted by Gasteiger charge is 2.14. The molecule has 0 bridgehead atoms.